The van der Waals surface area contributed by atoms with Gasteiger partial charge in [0.05, 0.1) is 5.92 Å². The summed E-state index contributed by atoms with van der Waals surface area (Å²) >= 11 is 0. The molecule has 1 nitrogen and oxygen atoms in total. The summed E-state index contributed by atoms with van der Waals surface area (Å²) in [6.07, 6.45) is 0.919. The van der Waals surface area contributed by atoms with Crippen molar-refractivity contribution >= 4 is 0 Å². The third-order valence-electron chi connectivity index (χ3n) is 5.37. The van der Waals surface area contributed by atoms with E-state index in [9.17, 15) is 13.2 Å². The van der Waals surface area contributed by atoms with Gasteiger partial charge in [-0.05, 0) is 62.7 Å². The molecule has 0 heterocycles. The molecule has 0 radical (unpaired) electrons. The van der Waals surface area contributed by atoms with Crippen molar-refractivity contribution in [1.82, 2.24) is 0 Å². The maximum absolute atomic E-state index is 12.7. The van der Waals surface area contributed by atoms with Crippen molar-refractivity contribution in [2.24, 2.45) is 29.4 Å². The summed E-state index contributed by atoms with van der Waals surface area (Å²) in [4.78, 5) is 0. The number of alkyl halides is 3. The van der Waals surface area contributed by atoms with Crippen LogP contribution in [0.4, 0.5) is 13.2 Å². The van der Waals surface area contributed by atoms with Crippen LogP contribution in [0.2, 0.25) is 0 Å². The van der Waals surface area contributed by atoms with Crippen molar-refractivity contribution in [3.8, 4) is 0 Å². The zero-order valence-electron chi connectivity index (χ0n) is 12.0. The number of hydrogen-bond donors (Lipinski definition) is 1. The van der Waals surface area contributed by atoms with Crippen LogP contribution >= 0.6 is 0 Å². The van der Waals surface area contributed by atoms with Gasteiger partial charge in [0, 0.05) is 5.54 Å². The van der Waals surface area contributed by atoms with E-state index in [2.05, 4.69) is 13.8 Å². The van der Waals surface area contributed by atoms with Gasteiger partial charge in [-0.1, -0.05) is 13.8 Å². The quantitative estimate of drug-likeness (QED) is 0.750. The Bertz CT molecular complexity index is 295. The lowest BCUT2D eigenvalue weighted by molar-refractivity contribution is -0.186. The van der Waals surface area contributed by atoms with Gasteiger partial charge in [-0.3, -0.25) is 0 Å². The molecule has 0 saturated heterocycles. The van der Waals surface area contributed by atoms with Crippen LogP contribution in [0.25, 0.3) is 0 Å². The molecule has 112 valence electrons. The molecule has 0 amide bonds. The van der Waals surface area contributed by atoms with Gasteiger partial charge in [-0.2, -0.15) is 13.2 Å². The van der Waals surface area contributed by atoms with Crippen LogP contribution in [-0.2, 0) is 0 Å². The van der Waals surface area contributed by atoms with Gasteiger partial charge >= 0.3 is 6.18 Å². The van der Waals surface area contributed by atoms with Crippen LogP contribution in [0.15, 0.2) is 0 Å². The van der Waals surface area contributed by atoms with Crippen molar-refractivity contribution in [3.05, 3.63) is 0 Å². The van der Waals surface area contributed by atoms with Gasteiger partial charge in [0.25, 0.3) is 0 Å². The monoisotopic (exact) mass is 277 g/mol. The van der Waals surface area contributed by atoms with Gasteiger partial charge in [0.2, 0.25) is 0 Å². The van der Waals surface area contributed by atoms with E-state index in [1.807, 2.05) is 0 Å². The van der Waals surface area contributed by atoms with Gasteiger partial charge in [-0.15, -0.1) is 0 Å². The molecule has 0 aliphatic heterocycles. The molecule has 2 aliphatic rings. The molecule has 2 atom stereocenters. The fourth-order valence-electron chi connectivity index (χ4n) is 4.31. The molecule has 2 fully saturated rings. The van der Waals surface area contributed by atoms with E-state index in [1.54, 1.807) is 0 Å². The van der Waals surface area contributed by atoms with Crippen LogP contribution in [-0.4, -0.2) is 11.7 Å². The SMILES string of the molecule is CC1CC(C)CC(C2(N)CCC(C(F)(F)F)CC2)C1. The van der Waals surface area contributed by atoms with Crippen molar-refractivity contribution in [2.75, 3.05) is 0 Å². The minimum Gasteiger partial charge on any atom is -0.325 e. The van der Waals surface area contributed by atoms with Crippen LogP contribution < -0.4 is 5.73 Å². The first-order valence-corrected chi connectivity index (χ1v) is 7.56. The standard InChI is InChI=1S/C15H26F3N/c1-10-7-11(2)9-13(8-10)14(19)5-3-12(4-6-14)15(16,17)18/h10-13H,3-9,19H2,1-2H3. The molecular formula is C15H26F3N. The molecule has 19 heavy (non-hydrogen) atoms. The Morgan fingerprint density at radius 3 is 1.84 bits per heavy atom. The summed E-state index contributed by atoms with van der Waals surface area (Å²) in [5.41, 5.74) is 6.15. The van der Waals surface area contributed by atoms with E-state index in [0.717, 1.165) is 12.8 Å². The minimum absolute atomic E-state index is 0.221. The Morgan fingerprint density at radius 1 is 0.947 bits per heavy atom. The lowest BCUT2D eigenvalue weighted by Gasteiger charge is -2.47. The van der Waals surface area contributed by atoms with Crippen molar-refractivity contribution < 1.29 is 13.2 Å². The number of rotatable bonds is 1. The van der Waals surface area contributed by atoms with E-state index >= 15 is 0 Å². The smallest absolute Gasteiger partial charge is 0.325 e. The summed E-state index contributed by atoms with van der Waals surface area (Å²) in [5, 5.41) is 0. The summed E-state index contributed by atoms with van der Waals surface area (Å²) < 4.78 is 38.2. The number of nitrogens with two attached hydrogens (primary N) is 1. The first-order valence-electron chi connectivity index (χ1n) is 7.56. The highest BCUT2D eigenvalue weighted by molar-refractivity contribution is 4.98. The summed E-state index contributed by atoms with van der Waals surface area (Å²) in [7, 11) is 0. The van der Waals surface area contributed by atoms with E-state index < -0.39 is 12.1 Å². The first kappa shape index (κ1) is 15.1. The molecule has 4 heteroatoms. The first-order chi connectivity index (χ1) is 8.71. The Kier molecular flexibility index (Phi) is 4.20. The van der Waals surface area contributed by atoms with Gasteiger partial charge in [0.15, 0.2) is 0 Å². The second-order valence-electron chi connectivity index (χ2n) is 7.16. The molecular weight excluding hydrogens is 251 g/mol. The lowest BCUT2D eigenvalue weighted by atomic mass is 9.62. The molecule has 2 N–H and O–H groups in total. The number of halogens is 3. The Hall–Kier alpha value is -0.250. The van der Waals surface area contributed by atoms with Crippen LogP contribution in [0.5, 0.6) is 0 Å². The maximum Gasteiger partial charge on any atom is 0.391 e. The predicted octanol–water partition coefficient (Wildman–Crippen LogP) is 4.51. The fourth-order valence-corrected chi connectivity index (χ4v) is 4.31. The van der Waals surface area contributed by atoms with Crippen molar-refractivity contribution in [3.63, 3.8) is 0 Å². The molecule has 2 rings (SSSR count). The average molecular weight is 277 g/mol. The Morgan fingerprint density at radius 2 is 1.42 bits per heavy atom. The minimum atomic E-state index is -4.03. The fraction of sp³-hybridized carbons (Fsp3) is 1.00. The zero-order chi connectivity index (χ0) is 14.3. The highest BCUT2D eigenvalue weighted by Gasteiger charge is 2.47. The van der Waals surface area contributed by atoms with Crippen LogP contribution in [0.3, 0.4) is 0 Å². The zero-order valence-corrected chi connectivity index (χ0v) is 12.0. The average Bonchev–Trinajstić information content (AvgIpc) is 2.27. The highest BCUT2D eigenvalue weighted by atomic mass is 19.4. The van der Waals surface area contributed by atoms with Gasteiger partial charge in [0.1, 0.15) is 0 Å². The maximum atomic E-state index is 12.7. The molecule has 2 aliphatic carbocycles. The molecule has 0 aromatic heterocycles. The summed E-state index contributed by atoms with van der Waals surface area (Å²) in [5.74, 6) is 0.618. The molecule has 2 saturated carbocycles. The number of hydrogen-bond acceptors (Lipinski definition) is 1. The van der Waals surface area contributed by atoms with E-state index in [1.165, 1.54) is 6.42 Å². The van der Waals surface area contributed by atoms with Crippen LogP contribution in [0, 0.1) is 23.7 Å². The second kappa shape index (κ2) is 5.27. The van der Waals surface area contributed by atoms with E-state index in [4.69, 9.17) is 5.73 Å². The third kappa shape index (κ3) is 3.45. The van der Waals surface area contributed by atoms with Crippen LogP contribution in [0.1, 0.15) is 58.8 Å². The van der Waals surface area contributed by atoms with Crippen molar-refractivity contribution in [1.29, 1.82) is 0 Å². The van der Waals surface area contributed by atoms with Gasteiger partial charge in [-0.25, -0.2) is 0 Å². The third-order valence-corrected chi connectivity index (χ3v) is 5.37. The van der Waals surface area contributed by atoms with Crippen molar-refractivity contribution in [2.45, 2.75) is 70.5 Å². The Labute approximate surface area is 114 Å². The lowest BCUT2D eigenvalue weighted by Crippen LogP contribution is -2.52. The highest BCUT2D eigenvalue weighted by Crippen LogP contribution is 2.47. The predicted molar refractivity (Wildman–Crippen MR) is 70.6 cm³/mol. The largest absolute Gasteiger partial charge is 0.391 e. The summed E-state index contributed by atoms with van der Waals surface area (Å²) in [6, 6.07) is 0. The molecule has 2 unspecified atom stereocenters. The summed E-state index contributed by atoms with van der Waals surface area (Å²) in [6.45, 7) is 4.49. The van der Waals surface area contributed by atoms with Gasteiger partial charge < -0.3 is 5.73 Å². The molecule has 0 spiro atoms. The normalized spacial score (nSPS) is 45.2. The topological polar surface area (TPSA) is 26.0 Å². The Balaban J connectivity index is 1.97. The molecule has 0 aromatic rings. The van der Waals surface area contributed by atoms with E-state index in [-0.39, 0.29) is 18.4 Å². The molecule has 0 aromatic carbocycles. The van der Waals surface area contributed by atoms with E-state index in [0.29, 0.717) is 30.6 Å². The molecule has 0 bridgehead atoms. The second-order valence-corrected chi connectivity index (χ2v) is 7.16.